The summed E-state index contributed by atoms with van der Waals surface area (Å²) in [5.74, 6) is -1.13. The third kappa shape index (κ3) is 4.71. The summed E-state index contributed by atoms with van der Waals surface area (Å²) >= 11 is 1.16. The average molecular weight is 299 g/mol. The van der Waals surface area contributed by atoms with E-state index in [1.165, 1.54) is 7.11 Å². The molecule has 0 aliphatic carbocycles. The molecule has 7 nitrogen and oxygen atoms in total. The summed E-state index contributed by atoms with van der Waals surface area (Å²) in [6, 6.07) is 2.55. The number of hydrogen-bond acceptors (Lipinski definition) is 6. The summed E-state index contributed by atoms with van der Waals surface area (Å²) in [7, 11) is 2.96. The van der Waals surface area contributed by atoms with Crippen molar-refractivity contribution in [3.63, 3.8) is 0 Å². The van der Waals surface area contributed by atoms with Crippen LogP contribution in [-0.4, -0.2) is 47.0 Å². The number of hydrogen-bond donors (Lipinski definition) is 2. The van der Waals surface area contributed by atoms with Gasteiger partial charge in [-0.2, -0.15) is 0 Å². The first-order chi connectivity index (χ1) is 9.45. The van der Waals surface area contributed by atoms with Crippen LogP contribution in [0.15, 0.2) is 18.3 Å². The number of ether oxygens (including phenoxy) is 1. The highest BCUT2D eigenvalue weighted by Gasteiger charge is 2.16. The highest BCUT2D eigenvalue weighted by Crippen LogP contribution is 2.03. The number of amides is 2. The minimum atomic E-state index is -0.777. The molecule has 0 fully saturated rings. The van der Waals surface area contributed by atoms with Crippen LogP contribution in [0.3, 0.4) is 0 Å². The van der Waals surface area contributed by atoms with E-state index in [0.29, 0.717) is 5.69 Å². The van der Waals surface area contributed by atoms with E-state index in [1.807, 2.05) is 0 Å². The van der Waals surface area contributed by atoms with Gasteiger partial charge in [0.2, 0.25) is 5.91 Å². The van der Waals surface area contributed by atoms with Gasteiger partial charge in [-0.15, -0.1) is 11.8 Å². The van der Waals surface area contributed by atoms with Gasteiger partial charge in [-0.1, -0.05) is 0 Å². The largest absolute Gasteiger partial charge is 0.468 e. The zero-order valence-corrected chi connectivity index (χ0v) is 12.1. The molecule has 0 radical (unpaired) electrons. The van der Waals surface area contributed by atoms with E-state index in [2.05, 4.69) is 10.1 Å². The SMILES string of the molecule is COC(=O)C(N)CSCC(=O)NC(=O)c1cccn1C. The number of methoxy groups -OCH3 is 1. The fourth-order valence-electron chi connectivity index (χ4n) is 1.42. The van der Waals surface area contributed by atoms with Crippen LogP contribution in [0.2, 0.25) is 0 Å². The zero-order valence-electron chi connectivity index (χ0n) is 11.3. The summed E-state index contributed by atoms with van der Waals surface area (Å²) < 4.78 is 6.08. The number of aromatic nitrogens is 1. The van der Waals surface area contributed by atoms with E-state index in [0.717, 1.165) is 11.8 Å². The number of imide groups is 1. The molecule has 1 unspecified atom stereocenters. The summed E-state index contributed by atoms with van der Waals surface area (Å²) in [6.07, 6.45) is 1.71. The molecule has 110 valence electrons. The lowest BCUT2D eigenvalue weighted by molar-refractivity contribution is -0.141. The van der Waals surface area contributed by atoms with Crippen molar-refractivity contribution in [1.82, 2.24) is 9.88 Å². The van der Waals surface area contributed by atoms with E-state index in [4.69, 9.17) is 5.73 Å². The van der Waals surface area contributed by atoms with Crippen LogP contribution < -0.4 is 11.1 Å². The van der Waals surface area contributed by atoms with Gasteiger partial charge < -0.3 is 15.0 Å². The number of aryl methyl sites for hydroxylation is 1. The molecular weight excluding hydrogens is 282 g/mol. The minimum absolute atomic E-state index is 0.0425. The number of nitrogens with two attached hydrogens (primary N) is 1. The topological polar surface area (TPSA) is 103 Å². The Hall–Kier alpha value is -1.80. The third-order valence-electron chi connectivity index (χ3n) is 2.46. The molecule has 0 aromatic carbocycles. The van der Waals surface area contributed by atoms with Crippen molar-refractivity contribution in [3.8, 4) is 0 Å². The van der Waals surface area contributed by atoms with Crippen molar-refractivity contribution in [1.29, 1.82) is 0 Å². The highest BCUT2D eigenvalue weighted by molar-refractivity contribution is 8.00. The van der Waals surface area contributed by atoms with Gasteiger partial charge in [0.1, 0.15) is 11.7 Å². The lowest BCUT2D eigenvalue weighted by Gasteiger charge is -2.08. The van der Waals surface area contributed by atoms with E-state index >= 15 is 0 Å². The number of carbonyl (C=O) groups excluding carboxylic acids is 3. The van der Waals surface area contributed by atoms with Crippen LogP contribution in [-0.2, 0) is 21.4 Å². The number of esters is 1. The van der Waals surface area contributed by atoms with Crippen molar-refractivity contribution in [2.45, 2.75) is 6.04 Å². The molecular formula is C12H17N3O4S. The number of nitrogens with zero attached hydrogens (tertiary/aromatic N) is 1. The maximum absolute atomic E-state index is 11.7. The van der Waals surface area contributed by atoms with E-state index in [1.54, 1.807) is 29.9 Å². The fourth-order valence-corrected chi connectivity index (χ4v) is 2.19. The molecule has 1 aromatic rings. The maximum atomic E-state index is 11.7. The first-order valence-electron chi connectivity index (χ1n) is 5.82. The summed E-state index contributed by atoms with van der Waals surface area (Å²) in [6.45, 7) is 0. The Kier molecular flexibility index (Phi) is 6.26. The summed E-state index contributed by atoms with van der Waals surface area (Å²) in [4.78, 5) is 34.3. The second-order valence-electron chi connectivity index (χ2n) is 4.03. The molecule has 0 saturated heterocycles. The van der Waals surface area contributed by atoms with Crippen LogP contribution in [0.4, 0.5) is 0 Å². The molecule has 0 spiro atoms. The summed E-state index contributed by atoms with van der Waals surface area (Å²) in [5.41, 5.74) is 5.91. The first kappa shape index (κ1) is 16.3. The quantitative estimate of drug-likeness (QED) is 0.687. The smallest absolute Gasteiger partial charge is 0.323 e. The highest BCUT2D eigenvalue weighted by atomic mass is 32.2. The van der Waals surface area contributed by atoms with Gasteiger partial charge in [-0.05, 0) is 12.1 Å². The standard InChI is InChI=1S/C12H17N3O4S/c1-15-5-3-4-9(15)11(17)14-10(16)7-20-6-8(13)12(18)19-2/h3-5,8H,6-7,13H2,1-2H3,(H,14,16,17). The Morgan fingerprint density at radius 1 is 1.50 bits per heavy atom. The van der Waals surface area contributed by atoms with Crippen LogP contribution in [0.5, 0.6) is 0 Å². The Morgan fingerprint density at radius 2 is 2.20 bits per heavy atom. The van der Waals surface area contributed by atoms with Gasteiger partial charge in [0.05, 0.1) is 12.9 Å². The van der Waals surface area contributed by atoms with Crippen molar-refractivity contribution in [2.24, 2.45) is 12.8 Å². The van der Waals surface area contributed by atoms with Gasteiger partial charge in [0.15, 0.2) is 0 Å². The lowest BCUT2D eigenvalue weighted by Crippen LogP contribution is -2.36. The van der Waals surface area contributed by atoms with Gasteiger partial charge >= 0.3 is 5.97 Å². The number of thioether (sulfide) groups is 1. The van der Waals surface area contributed by atoms with E-state index < -0.39 is 23.8 Å². The third-order valence-corrected chi connectivity index (χ3v) is 3.52. The van der Waals surface area contributed by atoms with Gasteiger partial charge in [-0.3, -0.25) is 19.7 Å². The molecule has 1 rings (SSSR count). The molecule has 0 saturated carbocycles. The average Bonchev–Trinajstić information content (AvgIpc) is 2.83. The van der Waals surface area contributed by atoms with Crippen LogP contribution >= 0.6 is 11.8 Å². The minimum Gasteiger partial charge on any atom is -0.468 e. The van der Waals surface area contributed by atoms with E-state index in [-0.39, 0.29) is 11.5 Å². The van der Waals surface area contributed by atoms with Gasteiger partial charge in [0.25, 0.3) is 5.91 Å². The molecule has 0 aliphatic heterocycles. The predicted molar refractivity (Wildman–Crippen MR) is 75.2 cm³/mol. The number of rotatable bonds is 6. The lowest BCUT2D eigenvalue weighted by atomic mass is 10.4. The predicted octanol–water partition coefficient (Wildman–Crippen LogP) is -0.485. The number of nitrogens with one attached hydrogen (secondary N) is 1. The molecule has 0 aliphatic rings. The monoisotopic (exact) mass is 299 g/mol. The Labute approximate surface area is 120 Å². The molecule has 2 amide bonds. The van der Waals surface area contributed by atoms with Gasteiger partial charge in [-0.25, -0.2) is 0 Å². The Bertz CT molecular complexity index is 501. The Morgan fingerprint density at radius 3 is 2.75 bits per heavy atom. The second kappa shape index (κ2) is 7.71. The maximum Gasteiger partial charge on any atom is 0.323 e. The van der Waals surface area contributed by atoms with Crippen LogP contribution in [0.25, 0.3) is 0 Å². The van der Waals surface area contributed by atoms with Gasteiger partial charge in [0, 0.05) is 19.0 Å². The molecule has 0 bridgehead atoms. The summed E-state index contributed by atoms with van der Waals surface area (Å²) in [5, 5.41) is 2.26. The molecule has 20 heavy (non-hydrogen) atoms. The molecule has 1 atom stereocenters. The molecule has 3 N–H and O–H groups in total. The molecule has 8 heteroatoms. The normalized spacial score (nSPS) is 11.8. The van der Waals surface area contributed by atoms with Crippen molar-refractivity contribution in [3.05, 3.63) is 24.0 Å². The molecule has 1 aromatic heterocycles. The van der Waals surface area contributed by atoms with E-state index in [9.17, 15) is 14.4 Å². The second-order valence-corrected chi connectivity index (χ2v) is 5.06. The van der Waals surface area contributed by atoms with Crippen LogP contribution in [0.1, 0.15) is 10.5 Å². The first-order valence-corrected chi connectivity index (χ1v) is 6.97. The zero-order chi connectivity index (χ0) is 15.1. The van der Waals surface area contributed by atoms with Crippen molar-refractivity contribution >= 4 is 29.5 Å². The number of carbonyl (C=O) groups is 3. The van der Waals surface area contributed by atoms with Crippen molar-refractivity contribution < 1.29 is 19.1 Å². The fraction of sp³-hybridized carbons (Fsp3) is 0.417. The Balaban J connectivity index is 2.32. The molecule has 1 heterocycles. The van der Waals surface area contributed by atoms with Crippen LogP contribution in [0, 0.1) is 0 Å². The van der Waals surface area contributed by atoms with Crippen molar-refractivity contribution in [2.75, 3.05) is 18.6 Å².